The van der Waals surface area contributed by atoms with Gasteiger partial charge in [-0.05, 0) is 25.7 Å². The molecule has 0 aromatic carbocycles. The smallest absolute Gasteiger partial charge is 0.0512 e. The fourth-order valence-corrected chi connectivity index (χ4v) is 2.08. The maximum atomic E-state index is 9.10. The molecule has 17 heavy (non-hydrogen) atoms. The molecule has 104 valence electrons. The Morgan fingerprint density at radius 2 is 1.12 bits per heavy atom. The third-order valence-electron chi connectivity index (χ3n) is 3.38. The summed E-state index contributed by atoms with van der Waals surface area (Å²) in [6.45, 7) is 4.32. The first kappa shape index (κ1) is 16.9. The lowest BCUT2D eigenvalue weighted by Crippen LogP contribution is -1.99. The fourth-order valence-electron chi connectivity index (χ4n) is 2.08. The van der Waals surface area contributed by atoms with Crippen LogP contribution in [0, 0.1) is 5.92 Å². The van der Waals surface area contributed by atoms with E-state index in [1.54, 1.807) is 0 Å². The maximum Gasteiger partial charge on any atom is 0.0512 e. The number of rotatable bonds is 12. The molecule has 0 amide bonds. The topological polar surface area (TPSA) is 40.5 Å². The minimum absolute atomic E-state index is 0.122. The fraction of sp³-hybridized carbons (Fsp3) is 1.00. The zero-order valence-electron chi connectivity index (χ0n) is 11.8. The highest BCUT2D eigenvalue weighted by molar-refractivity contribution is 4.53. The third-order valence-corrected chi connectivity index (χ3v) is 3.38. The molecule has 0 saturated carbocycles. The zero-order valence-corrected chi connectivity index (χ0v) is 11.8. The molecule has 2 heteroatoms. The monoisotopic (exact) mass is 244 g/mol. The molecule has 0 aromatic rings. The molecule has 0 saturated heterocycles. The lowest BCUT2D eigenvalue weighted by molar-refractivity contribution is 0.180. The Morgan fingerprint density at radius 1 is 0.706 bits per heavy atom. The molecule has 0 aliphatic rings. The summed E-state index contributed by atoms with van der Waals surface area (Å²) in [7, 11) is 0. The van der Waals surface area contributed by atoms with Crippen LogP contribution in [0.25, 0.3) is 0 Å². The summed E-state index contributed by atoms with van der Waals surface area (Å²) in [5.41, 5.74) is 0. The van der Waals surface area contributed by atoms with Gasteiger partial charge in [0.15, 0.2) is 0 Å². The number of unbranched alkanes of at least 4 members (excludes halogenated alkanes) is 7. The number of aliphatic hydroxyl groups is 2. The SMILES string of the molecule is CC(O)CCCCCCCCCCC(C)CO. The summed E-state index contributed by atoms with van der Waals surface area (Å²) in [4.78, 5) is 0. The van der Waals surface area contributed by atoms with Crippen molar-refractivity contribution >= 4 is 0 Å². The van der Waals surface area contributed by atoms with Crippen molar-refractivity contribution in [2.24, 2.45) is 5.92 Å². The van der Waals surface area contributed by atoms with Gasteiger partial charge in [-0.2, -0.15) is 0 Å². The molecule has 2 atom stereocenters. The van der Waals surface area contributed by atoms with Gasteiger partial charge in [0.1, 0.15) is 0 Å². The average Bonchev–Trinajstić information content (AvgIpc) is 2.30. The predicted molar refractivity (Wildman–Crippen MR) is 74.1 cm³/mol. The summed E-state index contributed by atoms with van der Waals surface area (Å²) in [5.74, 6) is 0.482. The molecular weight excluding hydrogens is 212 g/mol. The molecular formula is C15H32O2. The molecule has 0 aromatic heterocycles. The lowest BCUT2D eigenvalue weighted by Gasteiger charge is -2.07. The second kappa shape index (κ2) is 12.4. The normalized spacial score (nSPS) is 14.8. The van der Waals surface area contributed by atoms with Crippen molar-refractivity contribution in [3.8, 4) is 0 Å². The zero-order chi connectivity index (χ0) is 12.9. The second-order valence-corrected chi connectivity index (χ2v) is 5.54. The van der Waals surface area contributed by atoms with Crippen molar-refractivity contribution < 1.29 is 10.2 Å². The average molecular weight is 244 g/mol. The summed E-state index contributed by atoms with van der Waals surface area (Å²) in [6.07, 6.45) is 12.4. The van der Waals surface area contributed by atoms with Crippen molar-refractivity contribution in [2.75, 3.05) is 6.61 Å². The molecule has 2 nitrogen and oxygen atoms in total. The van der Waals surface area contributed by atoms with E-state index < -0.39 is 0 Å². The molecule has 0 spiro atoms. The van der Waals surface area contributed by atoms with Crippen molar-refractivity contribution in [3.05, 3.63) is 0 Å². The van der Waals surface area contributed by atoms with Crippen LogP contribution in [0.15, 0.2) is 0 Å². The van der Waals surface area contributed by atoms with Gasteiger partial charge in [0.05, 0.1) is 6.10 Å². The van der Waals surface area contributed by atoms with E-state index >= 15 is 0 Å². The van der Waals surface area contributed by atoms with Gasteiger partial charge in [-0.25, -0.2) is 0 Å². The molecule has 0 aliphatic heterocycles. The van der Waals surface area contributed by atoms with Crippen LogP contribution in [0.5, 0.6) is 0 Å². The van der Waals surface area contributed by atoms with Crippen LogP contribution in [0.1, 0.15) is 78.1 Å². The predicted octanol–water partition coefficient (Wildman–Crippen LogP) is 3.90. The van der Waals surface area contributed by atoms with Gasteiger partial charge in [0, 0.05) is 6.61 Å². The third kappa shape index (κ3) is 13.9. The summed E-state index contributed by atoms with van der Waals surface area (Å²) < 4.78 is 0. The molecule has 0 radical (unpaired) electrons. The van der Waals surface area contributed by atoms with Crippen molar-refractivity contribution in [3.63, 3.8) is 0 Å². The van der Waals surface area contributed by atoms with Gasteiger partial charge in [0.2, 0.25) is 0 Å². The van der Waals surface area contributed by atoms with E-state index in [1.807, 2.05) is 6.92 Å². The van der Waals surface area contributed by atoms with E-state index in [4.69, 9.17) is 10.2 Å². The standard InChI is InChI=1S/C15H32O2/c1-14(13-16)11-9-7-5-3-4-6-8-10-12-15(2)17/h14-17H,3-13H2,1-2H3. The Morgan fingerprint density at radius 3 is 1.53 bits per heavy atom. The van der Waals surface area contributed by atoms with Gasteiger partial charge >= 0.3 is 0 Å². The quantitative estimate of drug-likeness (QED) is 0.511. The van der Waals surface area contributed by atoms with Crippen LogP contribution >= 0.6 is 0 Å². The molecule has 0 bridgehead atoms. The van der Waals surface area contributed by atoms with Gasteiger partial charge in [-0.15, -0.1) is 0 Å². The molecule has 0 heterocycles. The van der Waals surface area contributed by atoms with Crippen LogP contribution in [-0.4, -0.2) is 22.9 Å². The minimum atomic E-state index is -0.122. The van der Waals surface area contributed by atoms with Crippen molar-refractivity contribution in [1.82, 2.24) is 0 Å². The Bertz CT molecular complexity index is 146. The van der Waals surface area contributed by atoms with Gasteiger partial charge < -0.3 is 10.2 Å². The van der Waals surface area contributed by atoms with E-state index in [2.05, 4.69) is 6.92 Å². The van der Waals surface area contributed by atoms with Crippen LogP contribution in [0.3, 0.4) is 0 Å². The highest BCUT2D eigenvalue weighted by Gasteiger charge is 1.99. The number of aliphatic hydroxyl groups excluding tert-OH is 2. The van der Waals surface area contributed by atoms with Crippen LogP contribution in [-0.2, 0) is 0 Å². The highest BCUT2D eigenvalue weighted by atomic mass is 16.3. The Kier molecular flexibility index (Phi) is 12.3. The first-order chi connectivity index (χ1) is 8.16. The van der Waals surface area contributed by atoms with E-state index in [0.717, 1.165) is 6.42 Å². The molecule has 2 N–H and O–H groups in total. The van der Waals surface area contributed by atoms with Crippen LogP contribution in [0.2, 0.25) is 0 Å². The van der Waals surface area contributed by atoms with Crippen molar-refractivity contribution in [1.29, 1.82) is 0 Å². The van der Waals surface area contributed by atoms with Crippen LogP contribution < -0.4 is 0 Å². The number of hydrogen-bond donors (Lipinski definition) is 2. The Hall–Kier alpha value is -0.0800. The van der Waals surface area contributed by atoms with Gasteiger partial charge in [-0.1, -0.05) is 58.3 Å². The van der Waals surface area contributed by atoms with E-state index in [0.29, 0.717) is 12.5 Å². The van der Waals surface area contributed by atoms with E-state index in [-0.39, 0.29) is 6.10 Å². The highest BCUT2D eigenvalue weighted by Crippen LogP contribution is 2.13. The van der Waals surface area contributed by atoms with Crippen molar-refractivity contribution in [2.45, 2.75) is 84.2 Å². The molecule has 0 fully saturated rings. The lowest BCUT2D eigenvalue weighted by atomic mass is 10.0. The summed E-state index contributed by atoms with van der Waals surface area (Å²) >= 11 is 0. The van der Waals surface area contributed by atoms with Gasteiger partial charge in [-0.3, -0.25) is 0 Å². The minimum Gasteiger partial charge on any atom is -0.396 e. The van der Waals surface area contributed by atoms with E-state index in [1.165, 1.54) is 57.8 Å². The Labute approximate surface area is 107 Å². The first-order valence-corrected chi connectivity index (χ1v) is 7.45. The second-order valence-electron chi connectivity index (χ2n) is 5.54. The Balaban J connectivity index is 2.99. The maximum absolute atomic E-state index is 9.10. The van der Waals surface area contributed by atoms with E-state index in [9.17, 15) is 0 Å². The van der Waals surface area contributed by atoms with Gasteiger partial charge in [0.25, 0.3) is 0 Å². The number of hydrogen-bond acceptors (Lipinski definition) is 2. The van der Waals surface area contributed by atoms with Crippen LogP contribution in [0.4, 0.5) is 0 Å². The summed E-state index contributed by atoms with van der Waals surface area (Å²) in [5, 5.41) is 18.0. The first-order valence-electron chi connectivity index (χ1n) is 7.45. The molecule has 0 rings (SSSR count). The molecule has 2 unspecified atom stereocenters. The largest absolute Gasteiger partial charge is 0.396 e. The summed E-state index contributed by atoms with van der Waals surface area (Å²) in [6, 6.07) is 0. The molecule has 0 aliphatic carbocycles.